The van der Waals surface area contributed by atoms with Crippen molar-refractivity contribution in [2.45, 2.75) is 25.3 Å². The third-order valence-corrected chi connectivity index (χ3v) is 5.02. The van der Waals surface area contributed by atoms with E-state index in [2.05, 4.69) is 9.88 Å². The van der Waals surface area contributed by atoms with Crippen LogP contribution < -0.4 is 15.4 Å². The Labute approximate surface area is 146 Å². The summed E-state index contributed by atoms with van der Waals surface area (Å²) in [6, 6.07) is 6.90. The summed E-state index contributed by atoms with van der Waals surface area (Å²) in [5.41, 5.74) is 8.01. The Bertz CT molecular complexity index is 717. The molecular formula is C18H21ClFN3O. The molecule has 2 aromatic rings. The highest BCUT2D eigenvalue weighted by Gasteiger charge is 2.27. The molecule has 0 spiro atoms. The smallest absolute Gasteiger partial charge is 0.130 e. The van der Waals surface area contributed by atoms with Gasteiger partial charge in [-0.2, -0.15) is 0 Å². The number of hydrogen-bond acceptors (Lipinski definition) is 4. The standard InChI is InChI=1S/C18H21ClFN3O/c1-24-16-4-2-3-13(20)17(16)12-6-9-23(10-7-12)15-5-8-22-14(11-21)18(15)19/h2-5,8,12H,6-7,9-11,21H2,1H3. The summed E-state index contributed by atoms with van der Waals surface area (Å²) in [6.07, 6.45) is 3.41. The maximum Gasteiger partial charge on any atom is 0.130 e. The number of benzene rings is 1. The van der Waals surface area contributed by atoms with Gasteiger partial charge >= 0.3 is 0 Å². The zero-order valence-corrected chi connectivity index (χ0v) is 14.4. The number of aromatic nitrogens is 1. The van der Waals surface area contributed by atoms with E-state index in [1.165, 1.54) is 6.07 Å². The molecule has 6 heteroatoms. The van der Waals surface area contributed by atoms with Crippen molar-refractivity contribution in [3.8, 4) is 5.75 Å². The lowest BCUT2D eigenvalue weighted by Gasteiger charge is -2.35. The van der Waals surface area contributed by atoms with E-state index in [0.717, 1.165) is 31.6 Å². The predicted octanol–water partition coefficient (Wildman–Crippen LogP) is 3.73. The van der Waals surface area contributed by atoms with E-state index < -0.39 is 0 Å². The van der Waals surface area contributed by atoms with Crippen molar-refractivity contribution in [2.75, 3.05) is 25.1 Å². The summed E-state index contributed by atoms with van der Waals surface area (Å²) in [5, 5.41) is 0.613. The molecule has 4 nitrogen and oxygen atoms in total. The van der Waals surface area contributed by atoms with Gasteiger partial charge in [0.25, 0.3) is 0 Å². The predicted molar refractivity (Wildman–Crippen MR) is 94.3 cm³/mol. The van der Waals surface area contributed by atoms with Crippen LogP contribution in [0.15, 0.2) is 30.5 Å². The van der Waals surface area contributed by atoms with E-state index in [0.29, 0.717) is 28.6 Å². The molecule has 0 saturated carbocycles. The minimum Gasteiger partial charge on any atom is -0.496 e. The van der Waals surface area contributed by atoms with Crippen LogP contribution in [-0.2, 0) is 6.54 Å². The summed E-state index contributed by atoms with van der Waals surface area (Å²) in [6.45, 7) is 1.92. The van der Waals surface area contributed by atoms with Gasteiger partial charge in [0.05, 0.1) is 23.5 Å². The molecule has 0 aliphatic carbocycles. The summed E-state index contributed by atoms with van der Waals surface area (Å²) >= 11 is 6.40. The summed E-state index contributed by atoms with van der Waals surface area (Å²) in [7, 11) is 1.58. The highest BCUT2D eigenvalue weighted by atomic mass is 35.5. The molecule has 1 aliphatic rings. The topological polar surface area (TPSA) is 51.4 Å². The Hall–Kier alpha value is -1.85. The van der Waals surface area contributed by atoms with Crippen LogP contribution in [0.4, 0.5) is 10.1 Å². The maximum atomic E-state index is 14.3. The summed E-state index contributed by atoms with van der Waals surface area (Å²) < 4.78 is 19.6. The van der Waals surface area contributed by atoms with Gasteiger partial charge in [-0.3, -0.25) is 4.98 Å². The van der Waals surface area contributed by atoms with Crippen molar-refractivity contribution in [3.63, 3.8) is 0 Å². The van der Waals surface area contributed by atoms with Crippen LogP contribution in [0.5, 0.6) is 5.75 Å². The number of nitrogens with zero attached hydrogens (tertiary/aromatic N) is 2. The molecule has 24 heavy (non-hydrogen) atoms. The van der Waals surface area contributed by atoms with Gasteiger partial charge in [0.15, 0.2) is 0 Å². The molecule has 1 aromatic heterocycles. The van der Waals surface area contributed by atoms with E-state index in [1.807, 2.05) is 12.1 Å². The number of hydrogen-bond donors (Lipinski definition) is 1. The first kappa shape index (κ1) is 17.0. The highest BCUT2D eigenvalue weighted by Crippen LogP contribution is 2.38. The molecule has 1 aromatic carbocycles. The number of nitrogens with two attached hydrogens (primary N) is 1. The van der Waals surface area contributed by atoms with Gasteiger partial charge in [0.2, 0.25) is 0 Å². The van der Waals surface area contributed by atoms with E-state index in [-0.39, 0.29) is 11.7 Å². The molecule has 1 aliphatic heterocycles. The number of halogens is 2. The fourth-order valence-electron chi connectivity index (χ4n) is 3.36. The molecule has 2 N–H and O–H groups in total. The van der Waals surface area contributed by atoms with Crippen LogP contribution in [-0.4, -0.2) is 25.2 Å². The fraction of sp³-hybridized carbons (Fsp3) is 0.389. The first-order chi connectivity index (χ1) is 11.7. The minimum atomic E-state index is -0.194. The molecule has 2 heterocycles. The minimum absolute atomic E-state index is 0.145. The van der Waals surface area contributed by atoms with Crippen molar-refractivity contribution in [3.05, 3.63) is 52.6 Å². The van der Waals surface area contributed by atoms with Crippen LogP contribution in [0.2, 0.25) is 5.02 Å². The third-order valence-electron chi connectivity index (χ3n) is 4.61. The second-order valence-electron chi connectivity index (χ2n) is 5.91. The van der Waals surface area contributed by atoms with Crippen molar-refractivity contribution in [1.82, 2.24) is 4.98 Å². The number of rotatable bonds is 4. The molecule has 0 unspecified atom stereocenters. The first-order valence-electron chi connectivity index (χ1n) is 8.06. The quantitative estimate of drug-likeness (QED) is 0.913. The second-order valence-corrected chi connectivity index (χ2v) is 6.29. The summed E-state index contributed by atoms with van der Waals surface area (Å²) in [5.74, 6) is 0.577. The van der Waals surface area contributed by atoms with Crippen LogP contribution in [0.3, 0.4) is 0 Å². The van der Waals surface area contributed by atoms with Gasteiger partial charge in [-0.15, -0.1) is 0 Å². The fourth-order valence-corrected chi connectivity index (χ4v) is 3.67. The lowest BCUT2D eigenvalue weighted by molar-refractivity contribution is 0.388. The van der Waals surface area contributed by atoms with Gasteiger partial charge in [0.1, 0.15) is 11.6 Å². The van der Waals surface area contributed by atoms with Crippen molar-refractivity contribution in [1.29, 1.82) is 0 Å². The molecule has 1 saturated heterocycles. The van der Waals surface area contributed by atoms with Crippen molar-refractivity contribution >= 4 is 17.3 Å². The summed E-state index contributed by atoms with van der Waals surface area (Å²) in [4.78, 5) is 6.41. The maximum absolute atomic E-state index is 14.3. The SMILES string of the molecule is COc1cccc(F)c1C1CCN(c2ccnc(CN)c2Cl)CC1. The molecule has 1 fully saturated rings. The Morgan fingerprint density at radius 1 is 1.33 bits per heavy atom. The molecular weight excluding hydrogens is 329 g/mol. The molecule has 128 valence electrons. The van der Waals surface area contributed by atoms with Crippen LogP contribution >= 0.6 is 11.6 Å². The number of methoxy groups -OCH3 is 1. The molecule has 0 amide bonds. The van der Waals surface area contributed by atoms with Crippen LogP contribution in [0.25, 0.3) is 0 Å². The Morgan fingerprint density at radius 2 is 2.08 bits per heavy atom. The molecule has 0 bridgehead atoms. The van der Waals surface area contributed by atoms with Crippen LogP contribution in [0, 0.1) is 5.82 Å². The number of piperidine rings is 1. The van der Waals surface area contributed by atoms with Crippen LogP contribution in [0.1, 0.15) is 30.0 Å². The number of anilines is 1. The molecule has 0 radical (unpaired) electrons. The number of ether oxygens (including phenoxy) is 1. The Morgan fingerprint density at radius 3 is 2.75 bits per heavy atom. The second kappa shape index (κ2) is 7.36. The van der Waals surface area contributed by atoms with Gasteiger partial charge in [0, 0.05) is 31.4 Å². The lowest BCUT2D eigenvalue weighted by atomic mass is 9.88. The third kappa shape index (κ3) is 3.19. The van der Waals surface area contributed by atoms with E-state index in [1.54, 1.807) is 19.4 Å². The van der Waals surface area contributed by atoms with E-state index in [4.69, 9.17) is 22.1 Å². The largest absolute Gasteiger partial charge is 0.496 e. The molecule has 3 rings (SSSR count). The van der Waals surface area contributed by atoms with Gasteiger partial charge in [-0.1, -0.05) is 17.7 Å². The zero-order chi connectivity index (χ0) is 17.1. The first-order valence-corrected chi connectivity index (χ1v) is 8.44. The van der Waals surface area contributed by atoms with Gasteiger partial charge in [-0.25, -0.2) is 4.39 Å². The normalized spacial score (nSPS) is 15.6. The monoisotopic (exact) mass is 349 g/mol. The van der Waals surface area contributed by atoms with E-state index in [9.17, 15) is 4.39 Å². The average molecular weight is 350 g/mol. The van der Waals surface area contributed by atoms with Crippen molar-refractivity contribution in [2.24, 2.45) is 5.73 Å². The Balaban J connectivity index is 1.78. The number of pyridine rings is 1. The van der Waals surface area contributed by atoms with Gasteiger partial charge < -0.3 is 15.4 Å². The molecule has 0 atom stereocenters. The highest BCUT2D eigenvalue weighted by molar-refractivity contribution is 6.33. The Kier molecular flexibility index (Phi) is 5.21. The van der Waals surface area contributed by atoms with E-state index >= 15 is 0 Å². The average Bonchev–Trinajstić information content (AvgIpc) is 2.62. The van der Waals surface area contributed by atoms with Crippen molar-refractivity contribution < 1.29 is 9.13 Å². The lowest BCUT2D eigenvalue weighted by Crippen LogP contribution is -2.33. The zero-order valence-electron chi connectivity index (χ0n) is 13.6. The van der Waals surface area contributed by atoms with Gasteiger partial charge in [-0.05, 0) is 37.0 Å².